The van der Waals surface area contributed by atoms with Crippen LogP contribution in [-0.2, 0) is 11.4 Å². The van der Waals surface area contributed by atoms with Gasteiger partial charge in [-0.1, -0.05) is 59.9 Å². The average molecular weight is 507 g/mol. The first-order valence-electron chi connectivity index (χ1n) is 10.8. The summed E-state index contributed by atoms with van der Waals surface area (Å²) in [5.41, 5.74) is 3.42. The molecule has 0 aliphatic carbocycles. The van der Waals surface area contributed by atoms with Crippen LogP contribution in [0.1, 0.15) is 23.6 Å². The highest BCUT2D eigenvalue weighted by Gasteiger charge is 2.33. The predicted molar refractivity (Wildman–Crippen MR) is 142 cm³/mol. The minimum absolute atomic E-state index is 0.0529. The van der Waals surface area contributed by atoms with Crippen molar-refractivity contribution in [2.45, 2.75) is 20.5 Å². The molecule has 35 heavy (non-hydrogen) atoms. The number of nitrogens with zero attached hydrogens (tertiary/aromatic N) is 2. The van der Waals surface area contributed by atoms with Crippen molar-refractivity contribution >= 4 is 51.7 Å². The molecule has 1 saturated heterocycles. The number of aryl methyl sites for hydroxylation is 1. The van der Waals surface area contributed by atoms with Crippen molar-refractivity contribution < 1.29 is 19.2 Å². The van der Waals surface area contributed by atoms with E-state index >= 15 is 0 Å². The van der Waals surface area contributed by atoms with Gasteiger partial charge in [0.1, 0.15) is 6.61 Å². The maximum Gasteiger partial charge on any atom is 0.270 e. The lowest BCUT2D eigenvalue weighted by Crippen LogP contribution is -2.27. The van der Waals surface area contributed by atoms with Gasteiger partial charge in [0, 0.05) is 12.1 Å². The van der Waals surface area contributed by atoms with Crippen LogP contribution in [0.25, 0.3) is 6.08 Å². The molecule has 0 spiro atoms. The normalized spacial score (nSPS) is 14.5. The Bertz CT molecular complexity index is 1320. The molecule has 0 bridgehead atoms. The van der Waals surface area contributed by atoms with Gasteiger partial charge in [-0.15, -0.1) is 0 Å². The smallest absolute Gasteiger partial charge is 0.270 e. The van der Waals surface area contributed by atoms with Gasteiger partial charge < -0.3 is 9.47 Å². The highest BCUT2D eigenvalue weighted by Crippen LogP contribution is 2.37. The number of rotatable bonds is 8. The highest BCUT2D eigenvalue weighted by molar-refractivity contribution is 8.27. The average Bonchev–Trinajstić information content (AvgIpc) is 3.11. The maximum absolute atomic E-state index is 13.1. The summed E-state index contributed by atoms with van der Waals surface area (Å²) in [5, 5.41) is 10.9. The third-order valence-electron chi connectivity index (χ3n) is 5.15. The quantitative estimate of drug-likeness (QED) is 0.154. The Morgan fingerprint density at radius 1 is 1.06 bits per heavy atom. The molecule has 178 valence electrons. The van der Waals surface area contributed by atoms with Crippen molar-refractivity contribution in [2.24, 2.45) is 0 Å². The molecular formula is C26H22N2O5S2. The lowest BCUT2D eigenvalue weighted by molar-refractivity contribution is -0.384. The molecule has 1 heterocycles. The minimum atomic E-state index is -0.488. The number of non-ortho nitro benzene ring substituents is 1. The number of amides is 1. The number of hydrogen-bond acceptors (Lipinski definition) is 7. The molecule has 1 aliphatic rings. The van der Waals surface area contributed by atoms with Crippen molar-refractivity contribution in [1.29, 1.82) is 0 Å². The van der Waals surface area contributed by atoms with Gasteiger partial charge in [0.05, 0.1) is 22.1 Å². The number of nitro benzene ring substituents is 1. The van der Waals surface area contributed by atoms with Gasteiger partial charge in [0.15, 0.2) is 15.8 Å². The topological polar surface area (TPSA) is 81.9 Å². The fourth-order valence-corrected chi connectivity index (χ4v) is 4.83. The Labute approximate surface area is 212 Å². The zero-order valence-electron chi connectivity index (χ0n) is 19.1. The number of ether oxygens (including phenoxy) is 2. The van der Waals surface area contributed by atoms with Gasteiger partial charge in [0.2, 0.25) is 0 Å². The van der Waals surface area contributed by atoms with Gasteiger partial charge in [-0.25, -0.2) is 0 Å². The molecule has 7 nitrogen and oxygen atoms in total. The SMILES string of the molecule is CCOc1cc(/C=C2/SC(=S)N(c3ccc([N+](=O)[O-])cc3)C2=O)ccc1OCc1cccc(C)c1. The van der Waals surface area contributed by atoms with E-state index in [2.05, 4.69) is 6.07 Å². The second kappa shape index (κ2) is 10.7. The molecule has 0 saturated carbocycles. The number of carbonyl (C=O) groups is 1. The summed E-state index contributed by atoms with van der Waals surface area (Å²) >= 11 is 6.58. The van der Waals surface area contributed by atoms with Crippen molar-refractivity contribution in [3.05, 3.63) is 98.4 Å². The summed E-state index contributed by atoms with van der Waals surface area (Å²) in [6.07, 6.45) is 1.75. The Kier molecular flexibility index (Phi) is 7.48. The molecule has 9 heteroatoms. The number of anilines is 1. The molecule has 0 N–H and O–H groups in total. The summed E-state index contributed by atoms with van der Waals surface area (Å²) in [6, 6.07) is 19.3. The Morgan fingerprint density at radius 2 is 1.83 bits per heavy atom. The summed E-state index contributed by atoms with van der Waals surface area (Å²) in [6.45, 7) is 4.81. The lowest BCUT2D eigenvalue weighted by atomic mass is 10.1. The molecule has 1 fully saturated rings. The van der Waals surface area contributed by atoms with E-state index in [4.69, 9.17) is 21.7 Å². The fourth-order valence-electron chi connectivity index (χ4n) is 3.53. The van der Waals surface area contributed by atoms with Crippen LogP contribution >= 0.6 is 24.0 Å². The first-order chi connectivity index (χ1) is 16.9. The number of thioether (sulfide) groups is 1. The molecular weight excluding hydrogens is 484 g/mol. The highest BCUT2D eigenvalue weighted by atomic mass is 32.2. The van der Waals surface area contributed by atoms with Crippen molar-refractivity contribution in [3.63, 3.8) is 0 Å². The Balaban J connectivity index is 1.54. The van der Waals surface area contributed by atoms with Gasteiger partial charge in [0.25, 0.3) is 11.6 Å². The van der Waals surface area contributed by atoms with Crippen LogP contribution in [-0.4, -0.2) is 21.8 Å². The van der Waals surface area contributed by atoms with E-state index in [0.717, 1.165) is 16.7 Å². The van der Waals surface area contributed by atoms with Gasteiger partial charge in [-0.3, -0.25) is 19.8 Å². The molecule has 4 rings (SSSR count). The van der Waals surface area contributed by atoms with E-state index in [-0.39, 0.29) is 11.6 Å². The summed E-state index contributed by atoms with van der Waals surface area (Å²) in [7, 11) is 0. The second-order valence-corrected chi connectivity index (χ2v) is 9.38. The number of nitro groups is 1. The molecule has 0 radical (unpaired) electrons. The van der Waals surface area contributed by atoms with Crippen LogP contribution in [0.2, 0.25) is 0 Å². The Morgan fingerprint density at radius 3 is 2.51 bits per heavy atom. The fraction of sp³-hybridized carbons (Fsp3) is 0.154. The van der Waals surface area contributed by atoms with Gasteiger partial charge in [-0.05, 0) is 55.3 Å². The van der Waals surface area contributed by atoms with Gasteiger partial charge >= 0.3 is 0 Å². The van der Waals surface area contributed by atoms with E-state index in [1.54, 1.807) is 6.08 Å². The van der Waals surface area contributed by atoms with E-state index in [1.807, 2.05) is 50.2 Å². The molecule has 0 unspecified atom stereocenters. The molecule has 1 aliphatic heterocycles. The summed E-state index contributed by atoms with van der Waals surface area (Å²) in [4.78, 5) is 25.3. The summed E-state index contributed by atoms with van der Waals surface area (Å²) in [5.74, 6) is 0.912. The number of hydrogen-bond donors (Lipinski definition) is 0. The van der Waals surface area contributed by atoms with Crippen LogP contribution in [0.3, 0.4) is 0 Å². The third-order valence-corrected chi connectivity index (χ3v) is 6.46. The van der Waals surface area contributed by atoms with Crippen LogP contribution in [0.4, 0.5) is 11.4 Å². The zero-order chi connectivity index (χ0) is 24.9. The van der Waals surface area contributed by atoms with Crippen LogP contribution in [0, 0.1) is 17.0 Å². The Hall–Kier alpha value is -3.69. The lowest BCUT2D eigenvalue weighted by Gasteiger charge is -2.14. The largest absolute Gasteiger partial charge is 0.490 e. The number of benzene rings is 3. The van der Waals surface area contributed by atoms with Gasteiger partial charge in [-0.2, -0.15) is 0 Å². The predicted octanol–water partition coefficient (Wildman–Crippen LogP) is 6.29. The number of carbonyl (C=O) groups excluding carboxylic acids is 1. The van der Waals surface area contributed by atoms with E-state index < -0.39 is 4.92 Å². The molecule has 0 atom stereocenters. The van der Waals surface area contributed by atoms with E-state index in [0.29, 0.717) is 39.6 Å². The zero-order valence-corrected chi connectivity index (χ0v) is 20.7. The van der Waals surface area contributed by atoms with Crippen molar-refractivity contribution in [1.82, 2.24) is 0 Å². The monoisotopic (exact) mass is 506 g/mol. The first-order valence-corrected chi connectivity index (χ1v) is 12.1. The van der Waals surface area contributed by atoms with Crippen molar-refractivity contribution in [2.75, 3.05) is 11.5 Å². The minimum Gasteiger partial charge on any atom is -0.490 e. The third kappa shape index (κ3) is 5.70. The van der Waals surface area contributed by atoms with Crippen LogP contribution < -0.4 is 14.4 Å². The van der Waals surface area contributed by atoms with Crippen LogP contribution in [0.5, 0.6) is 11.5 Å². The first kappa shape index (κ1) is 24.4. The maximum atomic E-state index is 13.1. The molecule has 3 aromatic rings. The molecule has 0 aromatic heterocycles. The second-order valence-electron chi connectivity index (χ2n) is 7.71. The van der Waals surface area contributed by atoms with Crippen LogP contribution in [0.15, 0.2) is 71.6 Å². The molecule has 1 amide bonds. The number of thiocarbonyl (C=S) groups is 1. The summed E-state index contributed by atoms with van der Waals surface area (Å²) < 4.78 is 12.1. The van der Waals surface area contributed by atoms with E-state index in [9.17, 15) is 14.9 Å². The standard InChI is InChI=1S/C26H22N2O5S2/c1-3-32-23-14-18(7-12-22(23)33-16-19-6-4-5-17(2)13-19)15-24-25(29)27(26(34)35-24)20-8-10-21(11-9-20)28(30)31/h4-15H,3,16H2,1-2H3/b24-15+. The van der Waals surface area contributed by atoms with E-state index in [1.165, 1.54) is 40.9 Å². The molecule has 3 aromatic carbocycles. The van der Waals surface area contributed by atoms with Crippen molar-refractivity contribution in [3.8, 4) is 11.5 Å².